The molecule has 0 radical (unpaired) electrons. The summed E-state index contributed by atoms with van der Waals surface area (Å²) >= 11 is 0. The van der Waals surface area contributed by atoms with Crippen LogP contribution < -0.4 is 11.5 Å². The summed E-state index contributed by atoms with van der Waals surface area (Å²) in [4.78, 5) is 18.9. The Hall–Kier alpha value is -1.58. The van der Waals surface area contributed by atoms with E-state index in [9.17, 15) is 9.59 Å². The number of carbonyl (C=O) groups is 2. The molecule has 82 valence electrons. The molecule has 0 saturated carbocycles. The lowest BCUT2D eigenvalue weighted by atomic mass is 10.3. The van der Waals surface area contributed by atoms with Gasteiger partial charge in [-0.3, -0.25) is 9.59 Å². The molecular formula is C10H20N2O2. The summed E-state index contributed by atoms with van der Waals surface area (Å²) in [6, 6.07) is 0. The van der Waals surface area contributed by atoms with Crippen LogP contribution in [0.1, 0.15) is 20.8 Å². The molecule has 0 bridgehead atoms. The molecule has 0 rings (SSSR count). The summed E-state index contributed by atoms with van der Waals surface area (Å²) in [5.41, 5.74) is 9.07. The summed E-state index contributed by atoms with van der Waals surface area (Å²) in [5, 5.41) is 0. The predicted molar refractivity (Wildman–Crippen MR) is 59.3 cm³/mol. The van der Waals surface area contributed by atoms with Gasteiger partial charge in [0.05, 0.1) is 0 Å². The van der Waals surface area contributed by atoms with Crippen molar-refractivity contribution in [2.75, 3.05) is 0 Å². The molecule has 0 spiro atoms. The highest BCUT2D eigenvalue weighted by Crippen LogP contribution is 1.81. The van der Waals surface area contributed by atoms with E-state index >= 15 is 0 Å². The van der Waals surface area contributed by atoms with E-state index in [0.29, 0.717) is 0 Å². The Labute approximate surface area is 85.7 Å². The van der Waals surface area contributed by atoms with Crippen LogP contribution in [0.15, 0.2) is 25.3 Å². The highest BCUT2D eigenvalue weighted by atomic mass is 16.1. The first-order valence-corrected chi connectivity index (χ1v) is 4.11. The van der Waals surface area contributed by atoms with Gasteiger partial charge < -0.3 is 11.5 Å². The molecule has 4 N–H and O–H groups in total. The summed E-state index contributed by atoms with van der Waals surface area (Å²) in [6.45, 7) is 12.7. The molecule has 0 fully saturated rings. The van der Waals surface area contributed by atoms with Crippen LogP contribution in [0.25, 0.3) is 0 Å². The minimum absolute atomic E-state index is 0.481. The van der Waals surface area contributed by atoms with Crippen molar-refractivity contribution in [3.05, 3.63) is 25.3 Å². The molecule has 0 aromatic heterocycles. The van der Waals surface area contributed by atoms with E-state index in [-0.39, 0.29) is 0 Å². The Bertz CT molecular complexity index is 166. The Morgan fingerprint density at radius 2 is 1.07 bits per heavy atom. The highest BCUT2D eigenvalue weighted by molar-refractivity contribution is 5.85. The van der Waals surface area contributed by atoms with Crippen LogP contribution in [0.3, 0.4) is 0 Å². The van der Waals surface area contributed by atoms with Gasteiger partial charge in [-0.15, -0.1) is 0 Å². The predicted octanol–water partition coefficient (Wildman–Crippen LogP) is 0.978. The van der Waals surface area contributed by atoms with Crippen molar-refractivity contribution in [3.63, 3.8) is 0 Å². The number of amides is 2. The van der Waals surface area contributed by atoms with Gasteiger partial charge in [0.1, 0.15) is 0 Å². The van der Waals surface area contributed by atoms with E-state index in [0.717, 1.165) is 18.1 Å². The lowest BCUT2D eigenvalue weighted by Crippen LogP contribution is -2.04. The van der Waals surface area contributed by atoms with Gasteiger partial charge >= 0.3 is 0 Å². The molecule has 0 atom stereocenters. The van der Waals surface area contributed by atoms with Crippen LogP contribution >= 0.6 is 0 Å². The van der Waals surface area contributed by atoms with Crippen LogP contribution in [0.4, 0.5) is 0 Å². The molecule has 0 unspecified atom stereocenters. The monoisotopic (exact) mass is 200 g/mol. The van der Waals surface area contributed by atoms with Crippen LogP contribution in [0, 0.1) is 5.92 Å². The Kier molecular flexibility index (Phi) is 18.2. The standard InChI is InChI=1S/C4H10.2C3H5NO/c1-4(2)3;2*1-2-3(4)5/h4H,1-3H3;2*2H,1H2,(H2,4,5). The SMILES string of the molecule is C=CC(N)=O.C=CC(N)=O.CC(C)C. The maximum absolute atomic E-state index is 9.47. The normalized spacial score (nSPS) is 7.14. The minimum atomic E-state index is -0.481. The first kappa shape index (κ1) is 18.3. The van der Waals surface area contributed by atoms with Crippen molar-refractivity contribution in [3.8, 4) is 0 Å². The number of rotatable bonds is 2. The van der Waals surface area contributed by atoms with Crippen LogP contribution in [-0.2, 0) is 9.59 Å². The van der Waals surface area contributed by atoms with Crippen molar-refractivity contribution >= 4 is 11.8 Å². The molecule has 0 aromatic carbocycles. The summed E-state index contributed by atoms with van der Waals surface area (Å²) in [7, 11) is 0. The first-order chi connectivity index (χ1) is 6.27. The average molecular weight is 200 g/mol. The van der Waals surface area contributed by atoms with Gasteiger partial charge in [0, 0.05) is 0 Å². The second kappa shape index (κ2) is 14.0. The molecule has 0 heterocycles. The highest BCUT2D eigenvalue weighted by Gasteiger charge is 1.70. The largest absolute Gasteiger partial charge is 0.366 e. The van der Waals surface area contributed by atoms with E-state index in [4.69, 9.17) is 0 Å². The van der Waals surface area contributed by atoms with Crippen LogP contribution in [0.2, 0.25) is 0 Å². The van der Waals surface area contributed by atoms with Crippen molar-refractivity contribution < 1.29 is 9.59 Å². The fourth-order valence-electron chi connectivity index (χ4n) is 0. The number of hydrogen-bond acceptors (Lipinski definition) is 2. The lowest BCUT2D eigenvalue weighted by molar-refractivity contribution is -0.114. The van der Waals surface area contributed by atoms with Gasteiger partial charge in [-0.05, 0) is 18.1 Å². The smallest absolute Gasteiger partial charge is 0.240 e. The molecule has 4 nitrogen and oxygen atoms in total. The third kappa shape index (κ3) is 158. The Morgan fingerprint density at radius 1 is 1.00 bits per heavy atom. The molecule has 2 amide bonds. The number of carbonyl (C=O) groups excluding carboxylic acids is 2. The summed E-state index contributed by atoms with van der Waals surface area (Å²) in [5.74, 6) is -0.130. The Morgan fingerprint density at radius 3 is 1.07 bits per heavy atom. The maximum atomic E-state index is 9.47. The third-order valence-electron chi connectivity index (χ3n) is 0.402. The van der Waals surface area contributed by atoms with Crippen molar-refractivity contribution in [2.45, 2.75) is 20.8 Å². The van der Waals surface area contributed by atoms with Gasteiger partial charge in [-0.1, -0.05) is 33.9 Å². The fraction of sp³-hybridized carbons (Fsp3) is 0.400. The van der Waals surface area contributed by atoms with Gasteiger partial charge in [0.15, 0.2) is 0 Å². The van der Waals surface area contributed by atoms with E-state index < -0.39 is 11.8 Å². The third-order valence-corrected chi connectivity index (χ3v) is 0.402. The molecule has 0 saturated heterocycles. The molecular weight excluding hydrogens is 180 g/mol. The van der Waals surface area contributed by atoms with Crippen LogP contribution in [-0.4, -0.2) is 11.8 Å². The average Bonchev–Trinajstić information content (AvgIpc) is 2.04. The Balaban J connectivity index is -0.000000131. The van der Waals surface area contributed by atoms with Gasteiger partial charge in [-0.25, -0.2) is 0 Å². The van der Waals surface area contributed by atoms with Crippen molar-refractivity contribution in [2.24, 2.45) is 17.4 Å². The number of nitrogens with two attached hydrogens (primary N) is 2. The second-order valence-corrected chi connectivity index (χ2v) is 2.95. The van der Waals surface area contributed by atoms with Crippen molar-refractivity contribution in [1.29, 1.82) is 0 Å². The molecule has 4 heteroatoms. The van der Waals surface area contributed by atoms with E-state index in [1.807, 2.05) is 0 Å². The first-order valence-electron chi connectivity index (χ1n) is 4.11. The molecule has 0 aliphatic heterocycles. The van der Waals surface area contributed by atoms with E-state index in [1.54, 1.807) is 0 Å². The fourth-order valence-corrected chi connectivity index (χ4v) is 0. The minimum Gasteiger partial charge on any atom is -0.366 e. The quantitative estimate of drug-likeness (QED) is 0.651. The second-order valence-electron chi connectivity index (χ2n) is 2.95. The maximum Gasteiger partial charge on any atom is 0.240 e. The molecule has 14 heavy (non-hydrogen) atoms. The topological polar surface area (TPSA) is 86.2 Å². The molecule has 0 aliphatic carbocycles. The zero-order valence-corrected chi connectivity index (χ0v) is 9.12. The van der Waals surface area contributed by atoms with Gasteiger partial charge in [-0.2, -0.15) is 0 Å². The van der Waals surface area contributed by atoms with E-state index in [1.165, 1.54) is 0 Å². The van der Waals surface area contributed by atoms with Crippen molar-refractivity contribution in [1.82, 2.24) is 0 Å². The van der Waals surface area contributed by atoms with Crippen LogP contribution in [0.5, 0.6) is 0 Å². The van der Waals surface area contributed by atoms with Gasteiger partial charge in [0.25, 0.3) is 0 Å². The molecule has 0 aliphatic rings. The number of hydrogen-bond donors (Lipinski definition) is 2. The van der Waals surface area contributed by atoms with Gasteiger partial charge in [0.2, 0.25) is 11.8 Å². The lowest BCUT2D eigenvalue weighted by Gasteiger charge is -1.79. The molecule has 0 aromatic rings. The summed E-state index contributed by atoms with van der Waals surface area (Å²) in [6.07, 6.45) is 2.11. The number of primary amides is 2. The zero-order valence-electron chi connectivity index (χ0n) is 9.12. The zero-order chi connectivity index (χ0) is 12.1. The van der Waals surface area contributed by atoms with E-state index in [2.05, 4.69) is 45.4 Å². The summed E-state index contributed by atoms with van der Waals surface area (Å²) < 4.78 is 0.